The minimum atomic E-state index is -3.61. The van der Waals surface area contributed by atoms with Crippen LogP contribution in [0.2, 0.25) is 0 Å². The number of aliphatic hydroxyl groups excluding tert-OH is 1. The van der Waals surface area contributed by atoms with Gasteiger partial charge in [0.1, 0.15) is 17.3 Å². The fourth-order valence-electron chi connectivity index (χ4n) is 2.20. The number of hydrogen-bond donors (Lipinski definition) is 2. The maximum Gasteiger partial charge on any atom is 0.245 e. The molecule has 1 aliphatic carbocycles. The van der Waals surface area contributed by atoms with Crippen molar-refractivity contribution in [3.05, 3.63) is 16.5 Å². The third-order valence-corrected chi connectivity index (χ3v) is 6.66. The smallest absolute Gasteiger partial charge is 0.245 e. The first kappa shape index (κ1) is 15.4. The van der Waals surface area contributed by atoms with Gasteiger partial charge >= 0.3 is 0 Å². The molecule has 2 unspecified atom stereocenters. The first-order valence-corrected chi connectivity index (χ1v) is 9.47. The fraction of sp³-hybridized carbons (Fsp3) is 0.636. The van der Waals surface area contributed by atoms with E-state index in [-0.39, 0.29) is 28.0 Å². The molecule has 0 saturated heterocycles. The van der Waals surface area contributed by atoms with Crippen molar-refractivity contribution < 1.29 is 17.9 Å². The molecule has 5 nitrogen and oxygen atoms in total. The number of rotatable bonds is 5. The first-order valence-electron chi connectivity index (χ1n) is 5.90. The third-order valence-electron chi connectivity index (χ3n) is 3.19. The predicted molar refractivity (Wildman–Crippen MR) is 77.6 cm³/mol. The second-order valence-corrected chi connectivity index (χ2v) is 8.04. The van der Waals surface area contributed by atoms with Gasteiger partial charge in [-0.15, -0.1) is 0 Å². The summed E-state index contributed by atoms with van der Waals surface area (Å²) in [5, 5.41) is 9.48. The monoisotopic (exact) mass is 369 g/mol. The number of hydrogen-bond acceptors (Lipinski definition) is 5. The molecule has 0 radical (unpaired) electrons. The molecule has 0 spiro atoms. The van der Waals surface area contributed by atoms with Gasteiger partial charge in [-0.3, -0.25) is 0 Å². The zero-order valence-corrected chi connectivity index (χ0v) is 13.6. The van der Waals surface area contributed by atoms with Gasteiger partial charge in [-0.05, 0) is 41.4 Å². The van der Waals surface area contributed by atoms with Gasteiger partial charge in [-0.1, -0.05) is 0 Å². The number of sulfonamides is 1. The van der Waals surface area contributed by atoms with Gasteiger partial charge in [0.15, 0.2) is 4.67 Å². The highest BCUT2D eigenvalue weighted by Crippen LogP contribution is 2.31. The molecule has 0 aromatic carbocycles. The molecule has 0 bridgehead atoms. The zero-order chi connectivity index (χ0) is 14.0. The Morgan fingerprint density at radius 2 is 2.32 bits per heavy atom. The molecular weight excluding hydrogens is 354 g/mol. The second-order valence-electron chi connectivity index (χ2n) is 4.50. The van der Waals surface area contributed by atoms with Gasteiger partial charge in [0.25, 0.3) is 0 Å². The van der Waals surface area contributed by atoms with Gasteiger partial charge in [-0.25, -0.2) is 13.1 Å². The molecule has 1 fully saturated rings. The number of furan rings is 1. The van der Waals surface area contributed by atoms with Gasteiger partial charge in [0.2, 0.25) is 10.0 Å². The van der Waals surface area contributed by atoms with Crippen LogP contribution in [-0.4, -0.2) is 31.1 Å². The van der Waals surface area contributed by atoms with E-state index in [0.717, 1.165) is 19.3 Å². The van der Waals surface area contributed by atoms with E-state index in [1.807, 2.05) is 6.26 Å². The van der Waals surface area contributed by atoms with E-state index >= 15 is 0 Å². The van der Waals surface area contributed by atoms with Crippen LogP contribution in [-0.2, 0) is 16.6 Å². The number of nitrogens with one attached hydrogen (secondary N) is 1. The summed E-state index contributed by atoms with van der Waals surface area (Å²) >= 11 is 4.84. The molecule has 0 aliphatic heterocycles. The molecule has 19 heavy (non-hydrogen) atoms. The van der Waals surface area contributed by atoms with E-state index in [0.29, 0.717) is 5.25 Å². The Kier molecular flexibility index (Phi) is 4.99. The van der Waals surface area contributed by atoms with Crippen LogP contribution in [0.5, 0.6) is 0 Å². The molecule has 8 heteroatoms. The third kappa shape index (κ3) is 3.55. The molecule has 108 valence electrons. The summed E-state index contributed by atoms with van der Waals surface area (Å²) in [5.41, 5.74) is 0. The summed E-state index contributed by atoms with van der Waals surface area (Å²) in [7, 11) is -3.61. The Morgan fingerprint density at radius 1 is 1.58 bits per heavy atom. The SMILES string of the molecule is CSC1CCC(NS(=O)(=O)c2cc(CO)oc2Br)C1. The summed E-state index contributed by atoms with van der Waals surface area (Å²) in [6.07, 6.45) is 4.78. The van der Waals surface area contributed by atoms with Gasteiger partial charge < -0.3 is 9.52 Å². The average molecular weight is 370 g/mol. The summed E-state index contributed by atoms with van der Waals surface area (Å²) in [4.78, 5) is 0.0455. The summed E-state index contributed by atoms with van der Waals surface area (Å²) < 4.78 is 32.4. The molecule has 1 aromatic heterocycles. The summed E-state index contributed by atoms with van der Waals surface area (Å²) in [5.74, 6) is 0.223. The Bertz CT molecular complexity index is 543. The van der Waals surface area contributed by atoms with Crippen LogP contribution >= 0.6 is 27.7 Å². The molecular formula is C11H16BrNO4S2. The molecule has 2 rings (SSSR count). The van der Waals surface area contributed by atoms with Crippen molar-refractivity contribution in [3.63, 3.8) is 0 Å². The van der Waals surface area contributed by atoms with Gasteiger partial charge in [0, 0.05) is 17.4 Å². The Hall–Kier alpha value is -0.0200. The highest BCUT2D eigenvalue weighted by atomic mass is 79.9. The van der Waals surface area contributed by atoms with Crippen LogP contribution in [0.4, 0.5) is 0 Å². The van der Waals surface area contributed by atoms with E-state index in [9.17, 15) is 8.42 Å². The number of halogens is 1. The van der Waals surface area contributed by atoms with Crippen LogP contribution in [0.3, 0.4) is 0 Å². The highest BCUT2D eigenvalue weighted by molar-refractivity contribution is 9.10. The largest absolute Gasteiger partial charge is 0.450 e. The zero-order valence-electron chi connectivity index (χ0n) is 10.4. The van der Waals surface area contributed by atoms with Crippen molar-refractivity contribution in [2.24, 2.45) is 0 Å². The van der Waals surface area contributed by atoms with Gasteiger partial charge in [0.05, 0.1) is 0 Å². The summed E-state index contributed by atoms with van der Waals surface area (Å²) in [6.45, 7) is -0.327. The van der Waals surface area contributed by atoms with Crippen molar-refractivity contribution in [2.75, 3.05) is 6.26 Å². The molecule has 1 heterocycles. The van der Waals surface area contributed by atoms with Crippen LogP contribution in [0, 0.1) is 0 Å². The maximum atomic E-state index is 12.2. The van der Waals surface area contributed by atoms with Crippen LogP contribution in [0.1, 0.15) is 25.0 Å². The van der Waals surface area contributed by atoms with E-state index in [2.05, 4.69) is 20.7 Å². The van der Waals surface area contributed by atoms with Crippen molar-refractivity contribution >= 4 is 37.7 Å². The normalized spacial score (nSPS) is 23.9. The van der Waals surface area contributed by atoms with Crippen LogP contribution in [0.15, 0.2) is 20.0 Å². The minimum Gasteiger partial charge on any atom is -0.450 e. The van der Waals surface area contributed by atoms with E-state index in [4.69, 9.17) is 9.52 Å². The topological polar surface area (TPSA) is 79.5 Å². The van der Waals surface area contributed by atoms with E-state index in [1.165, 1.54) is 6.07 Å². The Balaban J connectivity index is 2.12. The summed E-state index contributed by atoms with van der Waals surface area (Å²) in [6, 6.07) is 1.31. The lowest BCUT2D eigenvalue weighted by Gasteiger charge is -2.12. The lowest BCUT2D eigenvalue weighted by Crippen LogP contribution is -2.33. The number of aliphatic hydroxyl groups is 1. The van der Waals surface area contributed by atoms with E-state index < -0.39 is 10.0 Å². The lowest BCUT2D eigenvalue weighted by molar-refractivity contribution is 0.245. The lowest BCUT2D eigenvalue weighted by atomic mass is 10.3. The van der Waals surface area contributed by atoms with Crippen LogP contribution in [0.25, 0.3) is 0 Å². The molecule has 2 atom stereocenters. The molecule has 2 N–H and O–H groups in total. The quantitative estimate of drug-likeness (QED) is 0.830. The number of thioether (sulfide) groups is 1. The second kappa shape index (κ2) is 6.17. The van der Waals surface area contributed by atoms with Crippen molar-refractivity contribution in [3.8, 4) is 0 Å². The predicted octanol–water partition coefficient (Wildman–Crippen LogP) is 2.10. The van der Waals surface area contributed by atoms with Crippen molar-refractivity contribution in [1.82, 2.24) is 4.72 Å². The van der Waals surface area contributed by atoms with Gasteiger partial charge in [-0.2, -0.15) is 11.8 Å². The average Bonchev–Trinajstić information content (AvgIpc) is 2.95. The molecule has 0 amide bonds. The first-order chi connectivity index (χ1) is 8.96. The van der Waals surface area contributed by atoms with E-state index in [1.54, 1.807) is 11.8 Å². The standard InChI is InChI=1S/C11H16BrNO4S2/c1-18-9-3-2-7(4-9)13-19(15,16)10-5-8(6-14)17-11(10)12/h5,7,9,13-14H,2-4,6H2,1H3. The van der Waals surface area contributed by atoms with Crippen LogP contribution < -0.4 is 4.72 Å². The fourth-order valence-corrected chi connectivity index (χ4v) is 5.28. The Labute approximate surface area is 125 Å². The maximum absolute atomic E-state index is 12.2. The minimum absolute atomic E-state index is 0.0261. The highest BCUT2D eigenvalue weighted by Gasteiger charge is 2.30. The molecule has 1 aliphatic rings. The van der Waals surface area contributed by atoms with Crippen molar-refractivity contribution in [1.29, 1.82) is 0 Å². The molecule has 1 saturated carbocycles. The molecule has 1 aromatic rings. The van der Waals surface area contributed by atoms with Crippen molar-refractivity contribution in [2.45, 2.75) is 42.1 Å². The Morgan fingerprint density at radius 3 is 2.84 bits per heavy atom.